The van der Waals surface area contributed by atoms with E-state index < -0.39 is 5.97 Å². The summed E-state index contributed by atoms with van der Waals surface area (Å²) >= 11 is 6.31. The summed E-state index contributed by atoms with van der Waals surface area (Å²) in [4.78, 5) is 23.9. The maximum Gasteiger partial charge on any atom is 0.343 e. The Labute approximate surface area is 151 Å². The zero-order valence-corrected chi connectivity index (χ0v) is 15.0. The lowest BCUT2D eigenvalue weighted by atomic mass is 10.1. The fourth-order valence-electron chi connectivity index (χ4n) is 2.46. The molecule has 0 unspecified atom stereocenters. The molecule has 1 amide bonds. The van der Waals surface area contributed by atoms with Crippen LogP contribution in [0.4, 0.5) is 0 Å². The second-order valence-corrected chi connectivity index (χ2v) is 6.67. The molecular weight excluding hydrogens is 342 g/mol. The summed E-state index contributed by atoms with van der Waals surface area (Å²) in [5.74, 6) is -0.930. The second-order valence-electron chi connectivity index (χ2n) is 6.31. The van der Waals surface area contributed by atoms with Crippen LogP contribution in [0.1, 0.15) is 40.0 Å². The first-order valence-electron chi connectivity index (χ1n) is 8.19. The molecule has 1 aliphatic carbocycles. The molecular formula is C18H20ClN3O3. The number of aryl methyl sites for hydroxylation is 2. The molecule has 132 valence electrons. The van der Waals surface area contributed by atoms with Crippen LogP contribution in [0.5, 0.6) is 0 Å². The molecule has 1 heterocycles. The molecule has 0 spiro atoms. The van der Waals surface area contributed by atoms with Crippen LogP contribution in [0.2, 0.25) is 5.15 Å². The number of amides is 1. The van der Waals surface area contributed by atoms with E-state index >= 15 is 0 Å². The molecule has 2 aromatic rings. The van der Waals surface area contributed by atoms with Crippen LogP contribution in [0.3, 0.4) is 0 Å². The normalized spacial score (nSPS) is 13.6. The molecule has 0 saturated heterocycles. The van der Waals surface area contributed by atoms with Crippen molar-refractivity contribution in [3.05, 3.63) is 51.8 Å². The lowest BCUT2D eigenvalue weighted by molar-refractivity contribution is -0.124. The van der Waals surface area contributed by atoms with Crippen molar-refractivity contribution in [2.75, 3.05) is 6.61 Å². The van der Waals surface area contributed by atoms with Crippen LogP contribution in [-0.2, 0) is 16.1 Å². The zero-order chi connectivity index (χ0) is 18.0. The number of benzene rings is 1. The van der Waals surface area contributed by atoms with E-state index in [9.17, 15) is 9.59 Å². The van der Waals surface area contributed by atoms with Gasteiger partial charge in [0.1, 0.15) is 10.7 Å². The summed E-state index contributed by atoms with van der Waals surface area (Å²) in [6.45, 7) is 3.85. The average molecular weight is 362 g/mol. The first kappa shape index (κ1) is 17.5. The van der Waals surface area contributed by atoms with Crippen molar-refractivity contribution >= 4 is 23.5 Å². The third kappa shape index (κ3) is 4.39. The number of carbonyl (C=O) groups is 2. The van der Waals surface area contributed by atoms with E-state index in [1.165, 1.54) is 5.56 Å². The molecule has 3 rings (SSSR count). The standard InChI is InChI=1S/C18H20ClN3O3/c1-11-3-5-13(6-4-11)9-22-17(19)16(12(2)21-22)18(24)25-10-15(23)20-14-7-8-14/h3-6,14H,7-10H2,1-2H3,(H,20,23). The Bertz CT molecular complexity index is 795. The molecule has 0 atom stereocenters. The Hall–Kier alpha value is -2.34. The number of esters is 1. The number of hydrogen-bond donors (Lipinski definition) is 1. The first-order valence-corrected chi connectivity index (χ1v) is 8.57. The van der Waals surface area contributed by atoms with Crippen LogP contribution < -0.4 is 5.32 Å². The van der Waals surface area contributed by atoms with E-state index in [0.717, 1.165) is 18.4 Å². The van der Waals surface area contributed by atoms with E-state index in [4.69, 9.17) is 16.3 Å². The van der Waals surface area contributed by atoms with Gasteiger partial charge in [0.2, 0.25) is 0 Å². The number of hydrogen-bond acceptors (Lipinski definition) is 4. The van der Waals surface area contributed by atoms with Gasteiger partial charge in [-0.2, -0.15) is 5.10 Å². The molecule has 1 N–H and O–H groups in total. The Morgan fingerprint density at radius 2 is 1.96 bits per heavy atom. The zero-order valence-electron chi connectivity index (χ0n) is 14.2. The highest BCUT2D eigenvalue weighted by Gasteiger charge is 2.25. The molecule has 1 saturated carbocycles. The largest absolute Gasteiger partial charge is 0.452 e. The monoisotopic (exact) mass is 361 g/mol. The third-order valence-electron chi connectivity index (χ3n) is 4.00. The number of rotatable bonds is 6. The summed E-state index contributed by atoms with van der Waals surface area (Å²) < 4.78 is 6.63. The van der Waals surface area contributed by atoms with Gasteiger partial charge in [-0.25, -0.2) is 9.48 Å². The topological polar surface area (TPSA) is 73.2 Å². The maximum absolute atomic E-state index is 12.3. The number of carbonyl (C=O) groups excluding carboxylic acids is 2. The minimum Gasteiger partial charge on any atom is -0.452 e. The SMILES string of the molecule is Cc1ccc(Cn2nc(C)c(C(=O)OCC(=O)NC3CC3)c2Cl)cc1. The van der Waals surface area contributed by atoms with Gasteiger partial charge in [-0.15, -0.1) is 0 Å². The lowest BCUT2D eigenvalue weighted by Crippen LogP contribution is -2.30. The number of ether oxygens (including phenoxy) is 1. The summed E-state index contributed by atoms with van der Waals surface area (Å²) in [5.41, 5.74) is 2.87. The predicted molar refractivity (Wildman–Crippen MR) is 93.7 cm³/mol. The third-order valence-corrected chi connectivity index (χ3v) is 4.38. The molecule has 6 nitrogen and oxygen atoms in total. The van der Waals surface area contributed by atoms with Crippen LogP contribution in [0.25, 0.3) is 0 Å². The second kappa shape index (κ2) is 7.27. The molecule has 7 heteroatoms. The smallest absolute Gasteiger partial charge is 0.343 e. The van der Waals surface area contributed by atoms with E-state index in [1.807, 2.05) is 31.2 Å². The minimum absolute atomic E-state index is 0.202. The Morgan fingerprint density at radius 3 is 2.60 bits per heavy atom. The fraction of sp³-hybridized carbons (Fsp3) is 0.389. The molecule has 0 radical (unpaired) electrons. The summed E-state index contributed by atoms with van der Waals surface area (Å²) in [7, 11) is 0. The van der Waals surface area contributed by atoms with Crippen molar-refractivity contribution in [2.45, 2.75) is 39.3 Å². The Balaban J connectivity index is 1.66. The van der Waals surface area contributed by atoms with E-state index in [-0.39, 0.29) is 29.3 Å². The highest BCUT2D eigenvalue weighted by molar-refractivity contribution is 6.32. The van der Waals surface area contributed by atoms with Crippen molar-refractivity contribution in [3.8, 4) is 0 Å². The van der Waals surface area contributed by atoms with Crippen molar-refractivity contribution in [3.63, 3.8) is 0 Å². The molecule has 1 aliphatic rings. The lowest BCUT2D eigenvalue weighted by Gasteiger charge is -2.06. The van der Waals surface area contributed by atoms with Gasteiger partial charge < -0.3 is 10.1 Å². The van der Waals surface area contributed by atoms with Crippen LogP contribution in [0.15, 0.2) is 24.3 Å². The molecule has 1 aromatic heterocycles. The van der Waals surface area contributed by atoms with Gasteiger partial charge in [-0.3, -0.25) is 4.79 Å². The summed E-state index contributed by atoms with van der Waals surface area (Å²) in [6, 6.07) is 8.22. The van der Waals surface area contributed by atoms with Crippen molar-refractivity contribution in [1.29, 1.82) is 0 Å². The van der Waals surface area contributed by atoms with Crippen molar-refractivity contribution < 1.29 is 14.3 Å². The molecule has 0 bridgehead atoms. The number of nitrogens with one attached hydrogen (secondary N) is 1. The Kier molecular flexibility index (Phi) is 5.08. The highest BCUT2D eigenvalue weighted by Crippen LogP contribution is 2.22. The van der Waals surface area contributed by atoms with Crippen LogP contribution >= 0.6 is 11.6 Å². The number of aromatic nitrogens is 2. The molecule has 25 heavy (non-hydrogen) atoms. The molecule has 1 aromatic carbocycles. The van der Waals surface area contributed by atoms with E-state index in [2.05, 4.69) is 10.4 Å². The number of nitrogens with zero attached hydrogens (tertiary/aromatic N) is 2. The predicted octanol–water partition coefficient (Wildman–Crippen LogP) is 2.64. The van der Waals surface area contributed by atoms with Gasteiger partial charge in [0, 0.05) is 6.04 Å². The average Bonchev–Trinajstić information content (AvgIpc) is 3.33. The fourth-order valence-corrected chi connectivity index (χ4v) is 2.77. The number of halogens is 1. The minimum atomic E-state index is -0.636. The first-order chi connectivity index (χ1) is 11.9. The maximum atomic E-state index is 12.3. The van der Waals surface area contributed by atoms with Gasteiger partial charge in [0.15, 0.2) is 6.61 Å². The summed E-state index contributed by atoms with van der Waals surface area (Å²) in [6.07, 6.45) is 1.97. The van der Waals surface area contributed by atoms with Gasteiger partial charge in [0.25, 0.3) is 5.91 Å². The Morgan fingerprint density at radius 1 is 1.28 bits per heavy atom. The van der Waals surface area contributed by atoms with Gasteiger partial charge in [-0.05, 0) is 32.3 Å². The van der Waals surface area contributed by atoms with Crippen LogP contribution in [0, 0.1) is 13.8 Å². The van der Waals surface area contributed by atoms with E-state index in [1.54, 1.807) is 11.6 Å². The summed E-state index contributed by atoms with van der Waals surface area (Å²) in [5, 5.41) is 7.29. The molecule has 1 fully saturated rings. The molecule has 0 aliphatic heterocycles. The van der Waals surface area contributed by atoms with Crippen molar-refractivity contribution in [2.24, 2.45) is 0 Å². The quantitative estimate of drug-likeness (QED) is 0.803. The van der Waals surface area contributed by atoms with Gasteiger partial charge in [0.05, 0.1) is 12.2 Å². The van der Waals surface area contributed by atoms with Crippen LogP contribution in [-0.4, -0.2) is 34.3 Å². The van der Waals surface area contributed by atoms with Crippen molar-refractivity contribution in [1.82, 2.24) is 15.1 Å². The van der Waals surface area contributed by atoms with E-state index in [0.29, 0.717) is 12.2 Å². The highest BCUT2D eigenvalue weighted by atomic mass is 35.5. The van der Waals surface area contributed by atoms with Gasteiger partial charge in [-0.1, -0.05) is 41.4 Å². The van der Waals surface area contributed by atoms with Gasteiger partial charge >= 0.3 is 5.97 Å².